The Balaban J connectivity index is 1.82. The molecule has 0 bridgehead atoms. The van der Waals surface area contributed by atoms with E-state index in [1.54, 1.807) is 19.1 Å². The molecule has 2 amide bonds. The highest BCUT2D eigenvalue weighted by Crippen LogP contribution is 2.11. The standard InChI is InChI=1S/C11H12N4O3/c1-7-9(11(17)15-13-7)5-10(16)14-12-6-8-3-2-4-18-8/h2-4,6,9H,5H2,1H3,(H,14,16)(H,15,17)/b12-6+. The van der Waals surface area contributed by atoms with Crippen molar-refractivity contribution in [2.24, 2.45) is 16.1 Å². The minimum atomic E-state index is -0.510. The van der Waals surface area contributed by atoms with Gasteiger partial charge in [0.2, 0.25) is 11.8 Å². The molecule has 0 spiro atoms. The number of carbonyl (C=O) groups is 2. The molecule has 18 heavy (non-hydrogen) atoms. The lowest BCUT2D eigenvalue weighted by molar-refractivity contribution is -0.127. The van der Waals surface area contributed by atoms with Crippen molar-refractivity contribution < 1.29 is 14.0 Å². The first kappa shape index (κ1) is 12.0. The Bertz CT molecular complexity index is 504. The maximum Gasteiger partial charge on any atom is 0.249 e. The Morgan fingerprint density at radius 2 is 2.56 bits per heavy atom. The zero-order valence-corrected chi connectivity index (χ0v) is 9.71. The fraction of sp³-hybridized carbons (Fsp3) is 0.273. The van der Waals surface area contributed by atoms with E-state index in [0.29, 0.717) is 11.5 Å². The van der Waals surface area contributed by atoms with Crippen LogP contribution in [0.4, 0.5) is 0 Å². The van der Waals surface area contributed by atoms with Gasteiger partial charge in [0.1, 0.15) is 5.76 Å². The molecule has 1 aliphatic heterocycles. The Morgan fingerprint density at radius 1 is 1.72 bits per heavy atom. The van der Waals surface area contributed by atoms with Gasteiger partial charge in [-0.3, -0.25) is 9.59 Å². The van der Waals surface area contributed by atoms with Crippen LogP contribution >= 0.6 is 0 Å². The summed E-state index contributed by atoms with van der Waals surface area (Å²) in [5, 5.41) is 7.47. The molecule has 0 aliphatic carbocycles. The molecular weight excluding hydrogens is 236 g/mol. The van der Waals surface area contributed by atoms with Crippen LogP contribution in [0.5, 0.6) is 0 Å². The van der Waals surface area contributed by atoms with Crippen molar-refractivity contribution in [3.8, 4) is 0 Å². The van der Waals surface area contributed by atoms with Crippen molar-refractivity contribution >= 4 is 23.7 Å². The second-order valence-electron chi connectivity index (χ2n) is 3.79. The monoisotopic (exact) mass is 248 g/mol. The van der Waals surface area contributed by atoms with E-state index >= 15 is 0 Å². The van der Waals surface area contributed by atoms with Crippen molar-refractivity contribution in [2.75, 3.05) is 0 Å². The number of hydrazone groups is 2. The van der Waals surface area contributed by atoms with E-state index in [1.165, 1.54) is 12.5 Å². The van der Waals surface area contributed by atoms with Gasteiger partial charge in [-0.25, -0.2) is 10.9 Å². The van der Waals surface area contributed by atoms with Gasteiger partial charge < -0.3 is 4.42 Å². The Morgan fingerprint density at radius 3 is 3.17 bits per heavy atom. The van der Waals surface area contributed by atoms with Gasteiger partial charge in [-0.15, -0.1) is 0 Å². The van der Waals surface area contributed by atoms with Gasteiger partial charge in [-0.2, -0.15) is 10.2 Å². The summed E-state index contributed by atoms with van der Waals surface area (Å²) < 4.78 is 5.00. The number of rotatable bonds is 4. The average Bonchev–Trinajstić information content (AvgIpc) is 2.94. The Kier molecular flexibility index (Phi) is 3.52. The van der Waals surface area contributed by atoms with Crippen LogP contribution in [-0.4, -0.2) is 23.7 Å². The minimum absolute atomic E-state index is 0.0245. The third kappa shape index (κ3) is 2.82. The molecule has 1 unspecified atom stereocenters. The second kappa shape index (κ2) is 5.26. The van der Waals surface area contributed by atoms with Gasteiger partial charge in [-0.1, -0.05) is 0 Å². The summed E-state index contributed by atoms with van der Waals surface area (Å²) in [7, 11) is 0. The normalized spacial score (nSPS) is 18.8. The first-order valence-electron chi connectivity index (χ1n) is 5.36. The maximum absolute atomic E-state index is 11.5. The number of nitrogens with one attached hydrogen (secondary N) is 2. The summed E-state index contributed by atoms with van der Waals surface area (Å²) in [6.45, 7) is 1.70. The predicted octanol–water partition coefficient (Wildman–Crippen LogP) is 0.242. The van der Waals surface area contributed by atoms with Crippen molar-refractivity contribution in [3.05, 3.63) is 24.2 Å². The second-order valence-corrected chi connectivity index (χ2v) is 3.79. The lowest BCUT2D eigenvalue weighted by Gasteiger charge is -2.05. The molecule has 1 aromatic heterocycles. The lowest BCUT2D eigenvalue weighted by atomic mass is 10.0. The molecule has 0 aromatic carbocycles. The fourth-order valence-corrected chi connectivity index (χ4v) is 1.49. The van der Waals surface area contributed by atoms with Gasteiger partial charge in [0.05, 0.1) is 18.4 Å². The van der Waals surface area contributed by atoms with E-state index in [1.807, 2.05) is 0 Å². The van der Waals surface area contributed by atoms with E-state index in [0.717, 1.165) is 0 Å². The Labute approximate surface area is 103 Å². The fourth-order valence-electron chi connectivity index (χ4n) is 1.49. The number of furan rings is 1. The molecule has 2 N–H and O–H groups in total. The number of hydrogen-bond donors (Lipinski definition) is 2. The highest BCUT2D eigenvalue weighted by Gasteiger charge is 2.28. The van der Waals surface area contributed by atoms with Crippen LogP contribution in [0, 0.1) is 5.92 Å². The molecule has 7 nitrogen and oxygen atoms in total. The van der Waals surface area contributed by atoms with Crippen molar-refractivity contribution in [2.45, 2.75) is 13.3 Å². The lowest BCUT2D eigenvalue weighted by Crippen LogP contribution is -2.29. The third-order valence-corrected chi connectivity index (χ3v) is 2.48. The number of amides is 2. The molecule has 0 saturated carbocycles. The molecular formula is C11H12N4O3. The van der Waals surface area contributed by atoms with E-state index in [9.17, 15) is 9.59 Å². The van der Waals surface area contributed by atoms with Crippen LogP contribution in [-0.2, 0) is 9.59 Å². The summed E-state index contributed by atoms with van der Waals surface area (Å²) in [6.07, 6.45) is 2.91. The van der Waals surface area contributed by atoms with Crippen LogP contribution in [0.25, 0.3) is 0 Å². The van der Waals surface area contributed by atoms with Crippen LogP contribution in [0.2, 0.25) is 0 Å². The van der Waals surface area contributed by atoms with E-state index in [4.69, 9.17) is 4.42 Å². The predicted molar refractivity (Wildman–Crippen MR) is 63.8 cm³/mol. The minimum Gasteiger partial charge on any atom is -0.463 e. The average molecular weight is 248 g/mol. The first-order chi connectivity index (χ1) is 8.66. The molecule has 2 rings (SSSR count). The number of nitrogens with zero attached hydrogens (tertiary/aromatic N) is 2. The van der Waals surface area contributed by atoms with Crippen LogP contribution in [0.3, 0.4) is 0 Å². The summed E-state index contributed by atoms with van der Waals surface area (Å²) in [4.78, 5) is 22.8. The highest BCUT2D eigenvalue weighted by molar-refractivity contribution is 6.09. The van der Waals surface area contributed by atoms with Gasteiger partial charge in [0.15, 0.2) is 0 Å². The van der Waals surface area contributed by atoms with Crippen molar-refractivity contribution in [1.29, 1.82) is 0 Å². The van der Waals surface area contributed by atoms with E-state index < -0.39 is 5.92 Å². The summed E-state index contributed by atoms with van der Waals surface area (Å²) >= 11 is 0. The molecule has 1 aromatic rings. The molecule has 7 heteroatoms. The van der Waals surface area contributed by atoms with Crippen molar-refractivity contribution in [3.63, 3.8) is 0 Å². The molecule has 94 valence electrons. The molecule has 1 aliphatic rings. The van der Waals surface area contributed by atoms with Crippen LogP contribution in [0.15, 0.2) is 33.0 Å². The molecule has 1 atom stereocenters. The zero-order chi connectivity index (χ0) is 13.0. The number of hydrogen-bond acceptors (Lipinski definition) is 5. The van der Waals surface area contributed by atoms with Gasteiger partial charge in [0.25, 0.3) is 0 Å². The van der Waals surface area contributed by atoms with Crippen LogP contribution < -0.4 is 10.9 Å². The van der Waals surface area contributed by atoms with Gasteiger partial charge in [0, 0.05) is 12.1 Å². The van der Waals surface area contributed by atoms with Crippen LogP contribution in [0.1, 0.15) is 19.1 Å². The van der Waals surface area contributed by atoms with Gasteiger partial charge >= 0.3 is 0 Å². The molecule has 2 heterocycles. The largest absolute Gasteiger partial charge is 0.463 e. The number of carbonyl (C=O) groups excluding carboxylic acids is 2. The molecule has 0 fully saturated rings. The summed E-state index contributed by atoms with van der Waals surface area (Å²) in [5.41, 5.74) is 5.25. The molecule has 0 saturated heterocycles. The smallest absolute Gasteiger partial charge is 0.249 e. The third-order valence-electron chi connectivity index (χ3n) is 2.48. The maximum atomic E-state index is 11.5. The van der Waals surface area contributed by atoms with Crippen molar-refractivity contribution in [1.82, 2.24) is 10.9 Å². The van der Waals surface area contributed by atoms with Gasteiger partial charge in [-0.05, 0) is 19.1 Å². The summed E-state index contributed by atoms with van der Waals surface area (Å²) in [6, 6.07) is 3.42. The summed E-state index contributed by atoms with van der Waals surface area (Å²) in [5.74, 6) is -0.595. The van der Waals surface area contributed by atoms with E-state index in [2.05, 4.69) is 21.1 Å². The highest BCUT2D eigenvalue weighted by atomic mass is 16.3. The Hall–Kier alpha value is -2.44. The first-order valence-corrected chi connectivity index (χ1v) is 5.36. The molecule has 0 radical (unpaired) electrons. The topological polar surface area (TPSA) is 96.1 Å². The quantitative estimate of drug-likeness (QED) is 0.590. The SMILES string of the molecule is CC1=NNC(=O)C1CC(=O)N/N=C/c1ccco1. The van der Waals surface area contributed by atoms with E-state index in [-0.39, 0.29) is 18.2 Å². The zero-order valence-electron chi connectivity index (χ0n) is 9.71.